The lowest BCUT2D eigenvalue weighted by atomic mass is 10.2. The molecule has 0 radical (unpaired) electrons. The molecule has 0 aliphatic rings. The summed E-state index contributed by atoms with van der Waals surface area (Å²) in [5.74, 6) is -0.0550. The number of amides is 1. The minimum absolute atomic E-state index is 0.217. The number of nitrogens with one attached hydrogen (secondary N) is 2. The number of benzene rings is 3. The summed E-state index contributed by atoms with van der Waals surface area (Å²) >= 11 is 0. The zero-order chi connectivity index (χ0) is 22.5. The summed E-state index contributed by atoms with van der Waals surface area (Å²) < 4.78 is 20.1. The molecule has 0 atom stereocenters. The van der Waals surface area contributed by atoms with Gasteiger partial charge in [-0.2, -0.15) is 0 Å². The van der Waals surface area contributed by atoms with Crippen molar-refractivity contribution in [3.05, 3.63) is 111 Å². The molecule has 0 aliphatic heterocycles. The van der Waals surface area contributed by atoms with Gasteiger partial charge in [-0.05, 0) is 47.5 Å². The van der Waals surface area contributed by atoms with E-state index < -0.39 is 11.2 Å². The molecule has 1 amide bonds. The molecule has 3 aromatic carbocycles. The fourth-order valence-corrected chi connectivity index (χ4v) is 3.30. The number of H-pyrrole nitrogens is 1. The van der Waals surface area contributed by atoms with Gasteiger partial charge < -0.3 is 10.1 Å². The van der Waals surface area contributed by atoms with E-state index in [2.05, 4.69) is 10.3 Å². The maximum Gasteiger partial charge on any atom is 0.329 e. The monoisotopic (exact) mass is 433 g/mol. The van der Waals surface area contributed by atoms with E-state index in [-0.39, 0.29) is 31.4 Å². The fourth-order valence-electron chi connectivity index (χ4n) is 3.30. The van der Waals surface area contributed by atoms with Crippen molar-refractivity contribution in [3.63, 3.8) is 0 Å². The largest absolute Gasteiger partial charge is 0.489 e. The van der Waals surface area contributed by atoms with Crippen molar-refractivity contribution in [2.45, 2.75) is 19.7 Å². The van der Waals surface area contributed by atoms with Crippen molar-refractivity contribution in [2.75, 3.05) is 0 Å². The van der Waals surface area contributed by atoms with Gasteiger partial charge in [0.25, 0.3) is 5.56 Å². The number of rotatable bonds is 7. The number of aromatic amines is 1. The van der Waals surface area contributed by atoms with Crippen LogP contribution in [0.15, 0.2) is 82.4 Å². The van der Waals surface area contributed by atoms with Gasteiger partial charge in [0.15, 0.2) is 0 Å². The highest BCUT2D eigenvalue weighted by atomic mass is 19.1. The highest BCUT2D eigenvalue weighted by molar-refractivity contribution is 5.81. The van der Waals surface area contributed by atoms with E-state index in [0.29, 0.717) is 16.7 Å². The molecule has 32 heavy (non-hydrogen) atoms. The predicted octanol–water partition coefficient (Wildman–Crippen LogP) is 2.72. The Morgan fingerprint density at radius 3 is 2.53 bits per heavy atom. The molecule has 0 fully saturated rings. The van der Waals surface area contributed by atoms with E-state index in [4.69, 9.17) is 4.74 Å². The van der Waals surface area contributed by atoms with Crippen molar-refractivity contribution < 1.29 is 13.9 Å². The molecule has 1 aromatic heterocycles. The summed E-state index contributed by atoms with van der Waals surface area (Å²) in [7, 11) is 0. The van der Waals surface area contributed by atoms with Crippen molar-refractivity contribution in [1.29, 1.82) is 0 Å². The molecule has 0 aliphatic carbocycles. The molecule has 8 heteroatoms. The van der Waals surface area contributed by atoms with Crippen LogP contribution in [0.2, 0.25) is 0 Å². The highest BCUT2D eigenvalue weighted by Gasteiger charge is 2.10. The predicted molar refractivity (Wildman–Crippen MR) is 118 cm³/mol. The van der Waals surface area contributed by atoms with Crippen LogP contribution in [0.4, 0.5) is 4.39 Å². The third kappa shape index (κ3) is 4.92. The number of ether oxygens (including phenoxy) is 1. The molecule has 4 rings (SSSR count). The number of carbonyl (C=O) groups is 1. The third-order valence-electron chi connectivity index (χ3n) is 4.91. The third-order valence-corrected chi connectivity index (χ3v) is 4.91. The average molecular weight is 433 g/mol. The minimum atomic E-state index is -0.636. The fraction of sp³-hybridized carbons (Fsp3) is 0.125. The number of para-hydroxylation sites is 1. The quantitative estimate of drug-likeness (QED) is 0.469. The van der Waals surface area contributed by atoms with E-state index in [0.717, 1.165) is 11.1 Å². The number of hydrogen-bond acceptors (Lipinski definition) is 4. The normalized spacial score (nSPS) is 10.8. The molecule has 1 heterocycles. The van der Waals surface area contributed by atoms with Crippen molar-refractivity contribution >= 4 is 16.8 Å². The lowest BCUT2D eigenvalue weighted by Gasteiger charge is -2.11. The SMILES string of the molecule is O=C(Cn1c(=O)[nH]c(=O)c2ccccc21)NCc1ccc(OCc2cccc(F)c2)cc1. The number of aromatic nitrogens is 2. The molecule has 162 valence electrons. The van der Waals surface area contributed by atoms with E-state index >= 15 is 0 Å². The lowest BCUT2D eigenvalue weighted by molar-refractivity contribution is -0.121. The molecular formula is C24H20FN3O4. The summed E-state index contributed by atoms with van der Waals surface area (Å²) in [5.41, 5.74) is 0.850. The Balaban J connectivity index is 1.35. The molecule has 0 saturated heterocycles. The first-order valence-electron chi connectivity index (χ1n) is 9.94. The lowest BCUT2D eigenvalue weighted by Crippen LogP contribution is -2.36. The van der Waals surface area contributed by atoms with Gasteiger partial charge in [-0.15, -0.1) is 0 Å². The van der Waals surface area contributed by atoms with Crippen LogP contribution in [0.3, 0.4) is 0 Å². The standard InChI is InChI=1S/C24H20FN3O4/c25-18-5-3-4-17(12-18)15-32-19-10-8-16(9-11-19)13-26-22(29)14-28-21-7-2-1-6-20(21)23(30)27-24(28)31/h1-12H,13-15H2,(H,26,29)(H,27,30,31). The van der Waals surface area contributed by atoms with Crippen molar-refractivity contribution in [2.24, 2.45) is 0 Å². The van der Waals surface area contributed by atoms with Gasteiger partial charge in [-0.1, -0.05) is 36.4 Å². The first-order chi connectivity index (χ1) is 15.5. The maximum atomic E-state index is 13.2. The van der Waals surface area contributed by atoms with Crippen LogP contribution in [0, 0.1) is 5.82 Å². The minimum Gasteiger partial charge on any atom is -0.489 e. The van der Waals surface area contributed by atoms with Gasteiger partial charge in [0, 0.05) is 6.54 Å². The van der Waals surface area contributed by atoms with Crippen LogP contribution in [0.5, 0.6) is 5.75 Å². The van der Waals surface area contributed by atoms with E-state index in [1.165, 1.54) is 16.7 Å². The zero-order valence-electron chi connectivity index (χ0n) is 17.0. The Hall–Kier alpha value is -4.20. The van der Waals surface area contributed by atoms with Crippen LogP contribution < -0.4 is 21.3 Å². The number of hydrogen-bond donors (Lipinski definition) is 2. The Morgan fingerprint density at radius 1 is 0.969 bits per heavy atom. The molecule has 0 saturated carbocycles. The van der Waals surface area contributed by atoms with Crippen LogP contribution in [0.25, 0.3) is 10.9 Å². The summed E-state index contributed by atoms with van der Waals surface area (Å²) in [6.07, 6.45) is 0. The van der Waals surface area contributed by atoms with Gasteiger partial charge in [-0.25, -0.2) is 9.18 Å². The smallest absolute Gasteiger partial charge is 0.329 e. The van der Waals surface area contributed by atoms with Crippen LogP contribution >= 0.6 is 0 Å². The summed E-state index contributed by atoms with van der Waals surface area (Å²) in [6, 6.07) is 20.0. The molecule has 7 nitrogen and oxygen atoms in total. The number of fused-ring (bicyclic) bond motifs is 1. The summed E-state index contributed by atoms with van der Waals surface area (Å²) in [5, 5.41) is 3.11. The van der Waals surface area contributed by atoms with E-state index in [9.17, 15) is 18.8 Å². The Labute approximate surface area is 182 Å². The molecule has 0 unspecified atom stereocenters. The van der Waals surface area contributed by atoms with Gasteiger partial charge in [-0.3, -0.25) is 19.1 Å². The highest BCUT2D eigenvalue weighted by Crippen LogP contribution is 2.15. The van der Waals surface area contributed by atoms with E-state index in [1.54, 1.807) is 48.5 Å². The van der Waals surface area contributed by atoms with Crippen molar-refractivity contribution in [1.82, 2.24) is 14.9 Å². The molecular weight excluding hydrogens is 413 g/mol. The van der Waals surface area contributed by atoms with Crippen LogP contribution in [-0.2, 0) is 24.5 Å². The second-order valence-corrected chi connectivity index (χ2v) is 7.20. The topological polar surface area (TPSA) is 93.2 Å². The molecule has 2 N–H and O–H groups in total. The van der Waals surface area contributed by atoms with Gasteiger partial charge >= 0.3 is 5.69 Å². The molecule has 0 spiro atoms. The number of nitrogens with zero attached hydrogens (tertiary/aromatic N) is 1. The first-order valence-corrected chi connectivity index (χ1v) is 9.94. The second-order valence-electron chi connectivity index (χ2n) is 7.20. The second kappa shape index (κ2) is 9.30. The molecule has 0 bridgehead atoms. The van der Waals surface area contributed by atoms with Gasteiger partial charge in [0.2, 0.25) is 5.91 Å². The van der Waals surface area contributed by atoms with Crippen LogP contribution in [0.1, 0.15) is 11.1 Å². The first kappa shape index (κ1) is 21.0. The Bertz CT molecular complexity index is 1380. The van der Waals surface area contributed by atoms with Crippen molar-refractivity contribution in [3.8, 4) is 5.75 Å². The van der Waals surface area contributed by atoms with Gasteiger partial charge in [0.1, 0.15) is 24.7 Å². The summed E-state index contributed by atoms with van der Waals surface area (Å²) in [4.78, 5) is 38.7. The average Bonchev–Trinajstić information content (AvgIpc) is 2.80. The molecule has 4 aromatic rings. The van der Waals surface area contributed by atoms with E-state index in [1.807, 2.05) is 12.1 Å². The maximum absolute atomic E-state index is 13.2. The number of halogens is 1. The number of carbonyl (C=O) groups excluding carboxylic acids is 1. The van der Waals surface area contributed by atoms with Gasteiger partial charge in [0.05, 0.1) is 10.9 Å². The summed E-state index contributed by atoms with van der Waals surface area (Å²) in [6.45, 7) is 0.291. The zero-order valence-corrected chi connectivity index (χ0v) is 17.0. The Kier molecular flexibility index (Phi) is 6.12. The Morgan fingerprint density at radius 2 is 1.75 bits per heavy atom. The van der Waals surface area contributed by atoms with Crippen LogP contribution in [-0.4, -0.2) is 15.5 Å².